The molecule has 4 rings (SSSR count). The zero-order valence-electron chi connectivity index (χ0n) is 16.1. The normalized spacial score (nSPS) is 17.7. The van der Waals surface area contributed by atoms with Gasteiger partial charge >= 0.3 is 5.97 Å². The Kier molecular flexibility index (Phi) is 5.47. The Morgan fingerprint density at radius 3 is 2.38 bits per heavy atom. The molecule has 0 amide bonds. The second-order valence-electron chi connectivity index (χ2n) is 7.32. The van der Waals surface area contributed by atoms with Gasteiger partial charge in [0.1, 0.15) is 0 Å². The SMILES string of the molecule is CC.Cc1ccc(CN2CCc3cc(C4(C(=O)O)CC4)ccc3C2)cc1. The first-order valence-electron chi connectivity index (χ1n) is 9.70. The first-order chi connectivity index (χ1) is 12.6. The number of carboxylic acid groups (broad SMARTS) is 1. The van der Waals surface area contributed by atoms with Crippen molar-refractivity contribution in [3.05, 3.63) is 70.3 Å². The van der Waals surface area contributed by atoms with Crippen molar-refractivity contribution in [1.82, 2.24) is 4.90 Å². The lowest BCUT2D eigenvalue weighted by molar-refractivity contribution is -0.140. The molecule has 0 aromatic heterocycles. The molecule has 0 atom stereocenters. The van der Waals surface area contributed by atoms with Crippen LogP contribution in [0.25, 0.3) is 0 Å². The summed E-state index contributed by atoms with van der Waals surface area (Å²) in [5.74, 6) is -0.667. The van der Waals surface area contributed by atoms with Crippen molar-refractivity contribution in [2.24, 2.45) is 0 Å². The number of hydrogen-bond donors (Lipinski definition) is 1. The summed E-state index contributed by atoms with van der Waals surface area (Å²) in [6, 6.07) is 15.1. The quantitative estimate of drug-likeness (QED) is 0.868. The van der Waals surface area contributed by atoms with E-state index in [0.29, 0.717) is 0 Å². The van der Waals surface area contributed by atoms with Gasteiger partial charge in [-0.25, -0.2) is 0 Å². The molecule has 1 aliphatic heterocycles. The van der Waals surface area contributed by atoms with Crippen LogP contribution < -0.4 is 0 Å². The number of aryl methyl sites for hydroxylation is 1. The highest BCUT2D eigenvalue weighted by Gasteiger charge is 2.51. The van der Waals surface area contributed by atoms with Gasteiger partial charge in [-0.1, -0.05) is 61.9 Å². The highest BCUT2D eigenvalue weighted by molar-refractivity contribution is 5.85. The maximum atomic E-state index is 11.5. The maximum Gasteiger partial charge on any atom is 0.314 e. The minimum absolute atomic E-state index is 0.589. The average Bonchev–Trinajstić information content (AvgIpc) is 3.47. The number of carbonyl (C=O) groups is 1. The number of carboxylic acids is 1. The molecule has 26 heavy (non-hydrogen) atoms. The molecule has 0 unspecified atom stereocenters. The molecule has 1 fully saturated rings. The largest absolute Gasteiger partial charge is 0.481 e. The fourth-order valence-corrected chi connectivity index (χ4v) is 3.75. The highest BCUT2D eigenvalue weighted by Crippen LogP contribution is 2.49. The summed E-state index contributed by atoms with van der Waals surface area (Å²) in [6.45, 7) is 9.07. The number of hydrogen-bond acceptors (Lipinski definition) is 2. The van der Waals surface area contributed by atoms with Crippen LogP contribution in [0, 0.1) is 6.92 Å². The van der Waals surface area contributed by atoms with Gasteiger partial charge in [0, 0.05) is 19.6 Å². The molecular formula is C23H29NO2. The number of benzene rings is 2. The van der Waals surface area contributed by atoms with Gasteiger partial charge in [0.15, 0.2) is 0 Å². The molecule has 3 heteroatoms. The van der Waals surface area contributed by atoms with E-state index in [1.807, 2.05) is 19.9 Å². The second-order valence-corrected chi connectivity index (χ2v) is 7.32. The van der Waals surface area contributed by atoms with Gasteiger partial charge in [0.25, 0.3) is 0 Å². The summed E-state index contributed by atoms with van der Waals surface area (Å²) in [4.78, 5) is 14.0. The first kappa shape index (κ1) is 18.7. The summed E-state index contributed by atoms with van der Waals surface area (Å²) < 4.78 is 0. The smallest absolute Gasteiger partial charge is 0.314 e. The number of aliphatic carboxylic acids is 1. The molecule has 2 aromatic rings. The summed E-state index contributed by atoms with van der Waals surface area (Å²) in [5, 5.41) is 9.48. The van der Waals surface area contributed by atoms with E-state index in [9.17, 15) is 9.90 Å². The fourth-order valence-electron chi connectivity index (χ4n) is 3.75. The predicted molar refractivity (Wildman–Crippen MR) is 105 cm³/mol. The van der Waals surface area contributed by atoms with Gasteiger partial charge in [0.05, 0.1) is 5.41 Å². The van der Waals surface area contributed by atoms with Crippen molar-refractivity contribution in [2.45, 2.75) is 58.5 Å². The molecule has 1 heterocycles. The Bertz CT molecular complexity index is 775. The Hall–Kier alpha value is -2.13. The van der Waals surface area contributed by atoms with E-state index >= 15 is 0 Å². The first-order valence-corrected chi connectivity index (χ1v) is 9.70. The Labute approximate surface area is 156 Å². The van der Waals surface area contributed by atoms with Crippen LogP contribution in [0.15, 0.2) is 42.5 Å². The highest BCUT2D eigenvalue weighted by atomic mass is 16.4. The average molecular weight is 351 g/mol. The van der Waals surface area contributed by atoms with Crippen LogP contribution in [0.3, 0.4) is 0 Å². The van der Waals surface area contributed by atoms with Crippen LogP contribution >= 0.6 is 0 Å². The molecule has 1 saturated carbocycles. The lowest BCUT2D eigenvalue weighted by Crippen LogP contribution is -2.30. The monoisotopic (exact) mass is 351 g/mol. The maximum absolute atomic E-state index is 11.5. The van der Waals surface area contributed by atoms with Crippen molar-refractivity contribution in [1.29, 1.82) is 0 Å². The molecule has 138 valence electrons. The van der Waals surface area contributed by atoms with E-state index in [2.05, 4.69) is 48.2 Å². The van der Waals surface area contributed by atoms with Gasteiger partial charge in [-0.3, -0.25) is 9.69 Å². The van der Waals surface area contributed by atoms with Crippen molar-refractivity contribution in [3.63, 3.8) is 0 Å². The molecule has 1 N–H and O–H groups in total. The van der Waals surface area contributed by atoms with Crippen LogP contribution in [0.4, 0.5) is 0 Å². The van der Waals surface area contributed by atoms with Crippen molar-refractivity contribution < 1.29 is 9.90 Å². The molecule has 0 radical (unpaired) electrons. The van der Waals surface area contributed by atoms with Gasteiger partial charge in [-0.15, -0.1) is 0 Å². The molecule has 1 aliphatic carbocycles. The van der Waals surface area contributed by atoms with Gasteiger partial charge in [0.2, 0.25) is 0 Å². The molecule has 0 saturated heterocycles. The van der Waals surface area contributed by atoms with Crippen LogP contribution in [0.2, 0.25) is 0 Å². The molecule has 0 bridgehead atoms. The zero-order chi connectivity index (χ0) is 18.7. The minimum atomic E-state index is -0.667. The molecule has 2 aliphatic rings. The summed E-state index contributed by atoms with van der Waals surface area (Å²) in [6.07, 6.45) is 2.56. The van der Waals surface area contributed by atoms with Crippen molar-refractivity contribution >= 4 is 5.97 Å². The lowest BCUT2D eigenvalue weighted by atomic mass is 9.90. The Morgan fingerprint density at radius 1 is 1.08 bits per heavy atom. The van der Waals surface area contributed by atoms with Gasteiger partial charge in [-0.05, 0) is 48.4 Å². The number of nitrogens with zero attached hydrogens (tertiary/aromatic N) is 1. The van der Waals surface area contributed by atoms with Crippen LogP contribution in [-0.2, 0) is 29.7 Å². The number of rotatable bonds is 4. The molecule has 2 aromatic carbocycles. The van der Waals surface area contributed by atoms with Gasteiger partial charge < -0.3 is 5.11 Å². The third-order valence-corrected chi connectivity index (χ3v) is 5.54. The third-order valence-electron chi connectivity index (χ3n) is 5.54. The van der Waals surface area contributed by atoms with E-state index in [-0.39, 0.29) is 0 Å². The second kappa shape index (κ2) is 7.63. The van der Waals surface area contributed by atoms with Crippen molar-refractivity contribution in [2.75, 3.05) is 6.54 Å². The summed E-state index contributed by atoms with van der Waals surface area (Å²) in [7, 11) is 0. The van der Waals surface area contributed by atoms with Crippen molar-refractivity contribution in [3.8, 4) is 0 Å². The zero-order valence-corrected chi connectivity index (χ0v) is 16.1. The summed E-state index contributed by atoms with van der Waals surface area (Å²) >= 11 is 0. The van der Waals surface area contributed by atoms with E-state index in [1.165, 1.54) is 22.3 Å². The predicted octanol–water partition coefficient (Wildman–Crippen LogP) is 4.70. The number of fused-ring (bicyclic) bond motifs is 1. The van der Waals surface area contributed by atoms with E-state index < -0.39 is 11.4 Å². The molecule has 3 nitrogen and oxygen atoms in total. The van der Waals surface area contributed by atoms with E-state index in [4.69, 9.17) is 0 Å². The van der Waals surface area contributed by atoms with E-state index in [0.717, 1.165) is 44.5 Å². The minimum Gasteiger partial charge on any atom is -0.481 e. The van der Waals surface area contributed by atoms with Crippen LogP contribution in [0.1, 0.15) is 54.5 Å². The Balaban J connectivity index is 0.000000948. The topological polar surface area (TPSA) is 40.5 Å². The standard InChI is InChI=1S/C21H23NO2.C2H6/c1-15-2-4-16(5-3-15)13-22-11-8-17-12-19(7-6-18(17)14-22)21(9-10-21)20(23)24;1-2/h2-7,12H,8-11,13-14H2,1H3,(H,23,24);1-2H3. The van der Waals surface area contributed by atoms with Crippen LogP contribution in [0.5, 0.6) is 0 Å². The third kappa shape index (κ3) is 3.68. The van der Waals surface area contributed by atoms with Crippen LogP contribution in [-0.4, -0.2) is 22.5 Å². The molecule has 0 spiro atoms. The van der Waals surface area contributed by atoms with E-state index in [1.54, 1.807) is 0 Å². The Morgan fingerprint density at radius 2 is 1.77 bits per heavy atom. The molecular weight excluding hydrogens is 322 g/mol. The fraction of sp³-hybridized carbons (Fsp3) is 0.435. The lowest BCUT2D eigenvalue weighted by Gasteiger charge is -2.29. The summed E-state index contributed by atoms with van der Waals surface area (Å²) in [5.41, 5.74) is 5.74. The van der Waals surface area contributed by atoms with Gasteiger partial charge in [-0.2, -0.15) is 0 Å².